The summed E-state index contributed by atoms with van der Waals surface area (Å²) in [5.41, 5.74) is 2.12. The smallest absolute Gasteiger partial charge is 0.236 e. The molecule has 1 fully saturated rings. The highest BCUT2D eigenvalue weighted by atomic mass is 15.2. The fraction of sp³-hybridized carbons (Fsp3) is 0.375. The first-order chi connectivity index (χ1) is 9.81. The van der Waals surface area contributed by atoms with Crippen molar-refractivity contribution < 1.29 is 0 Å². The molecule has 0 amide bonds. The Labute approximate surface area is 118 Å². The van der Waals surface area contributed by atoms with E-state index in [1.165, 1.54) is 12.8 Å². The molecule has 102 valence electrons. The highest BCUT2D eigenvalue weighted by Gasteiger charge is 2.17. The maximum Gasteiger partial charge on any atom is 0.236 e. The average molecular weight is 266 g/mol. The largest absolute Gasteiger partial charge is 0.356 e. The van der Waals surface area contributed by atoms with E-state index in [4.69, 9.17) is 4.98 Å². The van der Waals surface area contributed by atoms with Crippen LogP contribution < -0.4 is 4.90 Å². The summed E-state index contributed by atoms with van der Waals surface area (Å²) in [7, 11) is 0. The van der Waals surface area contributed by atoms with Gasteiger partial charge in [0.2, 0.25) is 5.78 Å². The number of piperidine rings is 1. The number of nitrogens with zero attached hydrogens (tertiary/aromatic N) is 4. The van der Waals surface area contributed by atoms with Gasteiger partial charge >= 0.3 is 0 Å². The molecule has 0 atom stereocenters. The van der Waals surface area contributed by atoms with Crippen LogP contribution in [-0.2, 0) is 0 Å². The number of hydrogen-bond acceptors (Lipinski definition) is 3. The van der Waals surface area contributed by atoms with Crippen molar-refractivity contribution in [3.63, 3.8) is 0 Å². The first kappa shape index (κ1) is 11.7. The number of anilines is 1. The van der Waals surface area contributed by atoms with Gasteiger partial charge in [0.1, 0.15) is 5.82 Å². The monoisotopic (exact) mass is 266 g/mol. The molecule has 1 aromatic carbocycles. The van der Waals surface area contributed by atoms with Gasteiger partial charge in [-0.2, -0.15) is 4.98 Å². The van der Waals surface area contributed by atoms with E-state index in [1.54, 1.807) is 0 Å². The van der Waals surface area contributed by atoms with Crippen molar-refractivity contribution in [2.75, 3.05) is 18.0 Å². The lowest BCUT2D eigenvalue weighted by molar-refractivity contribution is 0.436. The van der Waals surface area contributed by atoms with E-state index in [0.29, 0.717) is 0 Å². The molecule has 2 aromatic heterocycles. The van der Waals surface area contributed by atoms with Gasteiger partial charge in [0, 0.05) is 19.3 Å². The Morgan fingerprint density at radius 2 is 1.85 bits per heavy atom. The second-order valence-electron chi connectivity index (χ2n) is 5.73. The summed E-state index contributed by atoms with van der Waals surface area (Å²) in [6, 6.07) is 10.3. The Balaban J connectivity index is 1.77. The van der Waals surface area contributed by atoms with E-state index < -0.39 is 0 Å². The van der Waals surface area contributed by atoms with E-state index in [-0.39, 0.29) is 0 Å². The van der Waals surface area contributed by atoms with Gasteiger partial charge in [-0.05, 0) is 37.0 Å². The Morgan fingerprint density at radius 3 is 2.70 bits per heavy atom. The van der Waals surface area contributed by atoms with Gasteiger partial charge in [-0.15, -0.1) is 0 Å². The van der Waals surface area contributed by atoms with E-state index in [1.807, 2.05) is 18.2 Å². The Kier molecular flexibility index (Phi) is 2.62. The summed E-state index contributed by atoms with van der Waals surface area (Å²) in [6.07, 6.45) is 4.59. The van der Waals surface area contributed by atoms with Crippen molar-refractivity contribution in [1.29, 1.82) is 0 Å². The summed E-state index contributed by atoms with van der Waals surface area (Å²) in [5.74, 6) is 2.69. The highest BCUT2D eigenvalue weighted by Crippen LogP contribution is 2.23. The molecule has 0 radical (unpaired) electrons. The van der Waals surface area contributed by atoms with Crippen LogP contribution in [0.3, 0.4) is 0 Å². The minimum Gasteiger partial charge on any atom is -0.356 e. The first-order valence-electron chi connectivity index (χ1n) is 7.30. The molecular formula is C16H18N4. The summed E-state index contributed by atoms with van der Waals surface area (Å²) >= 11 is 0. The Morgan fingerprint density at radius 1 is 1.05 bits per heavy atom. The molecule has 0 spiro atoms. The van der Waals surface area contributed by atoms with Gasteiger partial charge in [-0.3, -0.25) is 4.40 Å². The van der Waals surface area contributed by atoms with Crippen LogP contribution in [0, 0.1) is 5.92 Å². The molecule has 4 nitrogen and oxygen atoms in total. The van der Waals surface area contributed by atoms with Crippen molar-refractivity contribution in [1.82, 2.24) is 14.4 Å². The van der Waals surface area contributed by atoms with Gasteiger partial charge in [-0.1, -0.05) is 19.1 Å². The minimum absolute atomic E-state index is 0.794. The maximum atomic E-state index is 4.74. The van der Waals surface area contributed by atoms with Crippen LogP contribution >= 0.6 is 0 Å². The van der Waals surface area contributed by atoms with Crippen molar-refractivity contribution in [3.8, 4) is 0 Å². The zero-order valence-corrected chi connectivity index (χ0v) is 11.7. The zero-order valence-electron chi connectivity index (χ0n) is 11.7. The first-order valence-corrected chi connectivity index (χ1v) is 7.30. The van der Waals surface area contributed by atoms with E-state index in [9.17, 15) is 0 Å². The number of aromatic nitrogens is 3. The predicted molar refractivity (Wildman–Crippen MR) is 81.1 cm³/mol. The zero-order chi connectivity index (χ0) is 13.5. The lowest BCUT2D eigenvalue weighted by Gasteiger charge is -2.31. The molecular weight excluding hydrogens is 248 g/mol. The lowest BCUT2D eigenvalue weighted by atomic mass is 9.99. The van der Waals surface area contributed by atoms with Crippen LogP contribution in [0.1, 0.15) is 19.8 Å². The molecule has 4 heteroatoms. The summed E-state index contributed by atoms with van der Waals surface area (Å²) in [5, 5.41) is 0. The molecule has 0 unspecified atom stereocenters. The Hall–Kier alpha value is -2.10. The lowest BCUT2D eigenvalue weighted by Crippen LogP contribution is -2.33. The van der Waals surface area contributed by atoms with Gasteiger partial charge < -0.3 is 4.90 Å². The molecule has 1 aliphatic rings. The molecule has 0 bridgehead atoms. The fourth-order valence-corrected chi connectivity index (χ4v) is 2.95. The van der Waals surface area contributed by atoms with Crippen LogP contribution in [0.15, 0.2) is 36.5 Å². The third kappa shape index (κ3) is 1.83. The van der Waals surface area contributed by atoms with Crippen molar-refractivity contribution in [3.05, 3.63) is 36.5 Å². The topological polar surface area (TPSA) is 33.4 Å². The average Bonchev–Trinajstić information content (AvgIpc) is 2.85. The fourth-order valence-electron chi connectivity index (χ4n) is 2.95. The highest BCUT2D eigenvalue weighted by molar-refractivity contribution is 5.79. The molecule has 0 saturated carbocycles. The SMILES string of the molecule is CC1CCN(c2ccn3c(n2)nc2ccccc23)CC1. The van der Waals surface area contributed by atoms with Crippen molar-refractivity contribution in [2.24, 2.45) is 5.92 Å². The van der Waals surface area contributed by atoms with Gasteiger partial charge in [0.15, 0.2) is 0 Å². The van der Waals surface area contributed by atoms with Crippen molar-refractivity contribution >= 4 is 22.6 Å². The molecule has 0 N–H and O–H groups in total. The number of rotatable bonds is 1. The predicted octanol–water partition coefficient (Wildman–Crippen LogP) is 3.12. The minimum atomic E-state index is 0.794. The van der Waals surface area contributed by atoms with E-state index >= 15 is 0 Å². The van der Waals surface area contributed by atoms with Gasteiger partial charge in [-0.25, -0.2) is 4.98 Å². The van der Waals surface area contributed by atoms with Crippen LogP contribution in [-0.4, -0.2) is 27.5 Å². The Bertz CT molecular complexity index is 753. The second-order valence-corrected chi connectivity index (χ2v) is 5.73. The summed E-state index contributed by atoms with van der Waals surface area (Å²) < 4.78 is 2.06. The molecule has 0 aliphatic carbocycles. The quantitative estimate of drug-likeness (QED) is 0.678. The summed E-state index contributed by atoms with van der Waals surface area (Å²) in [6.45, 7) is 4.53. The molecule has 20 heavy (non-hydrogen) atoms. The van der Waals surface area contributed by atoms with Crippen molar-refractivity contribution in [2.45, 2.75) is 19.8 Å². The second kappa shape index (κ2) is 4.47. The number of hydrogen-bond donors (Lipinski definition) is 0. The number of benzene rings is 1. The summed E-state index contributed by atoms with van der Waals surface area (Å²) in [4.78, 5) is 11.7. The van der Waals surface area contributed by atoms with Crippen LogP contribution in [0.5, 0.6) is 0 Å². The van der Waals surface area contributed by atoms with Gasteiger partial charge in [0.05, 0.1) is 11.0 Å². The third-order valence-electron chi connectivity index (χ3n) is 4.27. The third-order valence-corrected chi connectivity index (χ3v) is 4.27. The van der Waals surface area contributed by atoms with Gasteiger partial charge in [0.25, 0.3) is 0 Å². The number of fused-ring (bicyclic) bond motifs is 3. The number of para-hydroxylation sites is 2. The number of imidazole rings is 1. The maximum absolute atomic E-state index is 4.74. The van der Waals surface area contributed by atoms with Crippen LogP contribution in [0.2, 0.25) is 0 Å². The van der Waals surface area contributed by atoms with Crippen LogP contribution in [0.4, 0.5) is 5.82 Å². The normalized spacial score (nSPS) is 17.1. The van der Waals surface area contributed by atoms with Crippen LogP contribution in [0.25, 0.3) is 16.8 Å². The molecule has 3 aromatic rings. The molecule has 1 saturated heterocycles. The van der Waals surface area contributed by atoms with E-state index in [0.717, 1.165) is 41.6 Å². The molecule has 3 heterocycles. The molecule has 4 rings (SSSR count). The molecule has 1 aliphatic heterocycles. The van der Waals surface area contributed by atoms with E-state index in [2.05, 4.69) is 39.5 Å². The standard InChI is InChI=1S/C16H18N4/c1-12-6-9-19(10-7-12)15-8-11-20-14-5-3-2-4-13(14)17-16(20)18-15/h2-5,8,11-12H,6-7,9-10H2,1H3.